The molecule has 0 heterocycles. The van der Waals surface area contributed by atoms with Gasteiger partial charge in [0.15, 0.2) is 0 Å². The molecule has 1 aromatic carbocycles. The van der Waals surface area contributed by atoms with E-state index in [0.29, 0.717) is 11.8 Å². The third kappa shape index (κ3) is 3.88. The Morgan fingerprint density at radius 2 is 1.96 bits per heavy atom. The van der Waals surface area contributed by atoms with E-state index in [2.05, 4.69) is 105 Å². The first-order valence-electron chi connectivity index (χ1n) is 9.54. The fraction of sp³-hybridized carbons (Fsp3) is 0.280. The van der Waals surface area contributed by atoms with Crippen LogP contribution in [0.15, 0.2) is 95.5 Å². The van der Waals surface area contributed by atoms with Crippen molar-refractivity contribution in [3.63, 3.8) is 0 Å². The van der Waals surface area contributed by atoms with E-state index in [1.54, 1.807) is 0 Å². The molecule has 1 aromatic rings. The van der Waals surface area contributed by atoms with Crippen molar-refractivity contribution in [2.24, 2.45) is 17.3 Å². The molecule has 3 atom stereocenters. The topological polar surface area (TPSA) is 0 Å². The van der Waals surface area contributed by atoms with Crippen molar-refractivity contribution in [1.82, 2.24) is 0 Å². The summed E-state index contributed by atoms with van der Waals surface area (Å²) in [6.45, 7) is 2.30. The molecular weight excluding hydrogens is 332 g/mol. The highest BCUT2D eigenvalue weighted by Gasteiger charge is 2.24. The maximum Gasteiger partial charge on any atom is 0.00713 e. The van der Waals surface area contributed by atoms with Gasteiger partial charge < -0.3 is 0 Å². The third-order valence-electron chi connectivity index (χ3n) is 5.73. The van der Waals surface area contributed by atoms with E-state index in [4.69, 9.17) is 0 Å². The molecule has 3 aliphatic rings. The fourth-order valence-electron chi connectivity index (χ4n) is 4.00. The van der Waals surface area contributed by atoms with E-state index in [-0.39, 0.29) is 5.41 Å². The zero-order valence-electron chi connectivity index (χ0n) is 15.3. The minimum absolute atomic E-state index is 0.128. The molecule has 1 heteroatoms. The van der Waals surface area contributed by atoms with Crippen LogP contribution in [-0.4, -0.2) is 0 Å². The molecule has 0 bridgehead atoms. The Kier molecular flexibility index (Phi) is 4.91. The second-order valence-corrected chi connectivity index (χ2v) is 8.41. The van der Waals surface area contributed by atoms with Crippen LogP contribution >= 0.6 is 12.6 Å². The van der Waals surface area contributed by atoms with Gasteiger partial charge in [-0.15, -0.1) is 12.6 Å². The fourth-order valence-corrected chi connectivity index (χ4v) is 4.16. The van der Waals surface area contributed by atoms with Gasteiger partial charge in [-0.1, -0.05) is 91.9 Å². The van der Waals surface area contributed by atoms with E-state index in [0.717, 1.165) is 17.7 Å². The Labute approximate surface area is 162 Å². The Hall–Kier alpha value is -1.99. The van der Waals surface area contributed by atoms with Gasteiger partial charge in [0.05, 0.1) is 0 Å². The summed E-state index contributed by atoms with van der Waals surface area (Å²) >= 11 is 4.42. The highest BCUT2D eigenvalue weighted by atomic mass is 32.1. The number of allylic oxidation sites excluding steroid dienone is 11. The van der Waals surface area contributed by atoms with Crippen LogP contribution in [0.3, 0.4) is 0 Å². The van der Waals surface area contributed by atoms with Crippen LogP contribution < -0.4 is 0 Å². The van der Waals surface area contributed by atoms with Crippen LogP contribution in [0.25, 0.3) is 5.57 Å². The monoisotopic (exact) mass is 358 g/mol. The second kappa shape index (κ2) is 7.32. The maximum atomic E-state index is 4.42. The molecule has 0 nitrogen and oxygen atoms in total. The van der Waals surface area contributed by atoms with Gasteiger partial charge in [-0.3, -0.25) is 0 Å². The number of hydrogen-bond donors (Lipinski definition) is 1. The first-order valence-corrected chi connectivity index (χ1v) is 9.99. The van der Waals surface area contributed by atoms with Gasteiger partial charge in [0.2, 0.25) is 0 Å². The molecule has 0 saturated carbocycles. The number of thiol groups is 1. The lowest BCUT2D eigenvalue weighted by molar-refractivity contribution is 0.499. The predicted molar refractivity (Wildman–Crippen MR) is 116 cm³/mol. The zero-order valence-corrected chi connectivity index (χ0v) is 16.2. The number of fused-ring (bicyclic) bond motifs is 1. The molecule has 0 amide bonds. The van der Waals surface area contributed by atoms with Crippen molar-refractivity contribution in [3.8, 4) is 0 Å². The van der Waals surface area contributed by atoms with E-state index in [1.165, 1.54) is 23.1 Å². The van der Waals surface area contributed by atoms with Crippen LogP contribution in [0.4, 0.5) is 0 Å². The van der Waals surface area contributed by atoms with Crippen molar-refractivity contribution < 1.29 is 0 Å². The summed E-state index contributed by atoms with van der Waals surface area (Å²) in [4.78, 5) is 1.08. The average molecular weight is 359 g/mol. The van der Waals surface area contributed by atoms with E-state index < -0.39 is 0 Å². The Morgan fingerprint density at radius 1 is 1.12 bits per heavy atom. The van der Waals surface area contributed by atoms with Crippen LogP contribution in [0.1, 0.15) is 31.7 Å². The zero-order chi connectivity index (χ0) is 18.0. The molecule has 0 aromatic heterocycles. The van der Waals surface area contributed by atoms with Crippen LogP contribution in [0.2, 0.25) is 0 Å². The lowest BCUT2D eigenvalue weighted by Crippen LogP contribution is -2.16. The summed E-state index contributed by atoms with van der Waals surface area (Å²) in [5.74, 6) is 1.19. The number of benzene rings is 1. The normalized spacial score (nSPS) is 30.6. The summed E-state index contributed by atoms with van der Waals surface area (Å²) in [6, 6.07) is 10.7. The molecule has 132 valence electrons. The Balaban J connectivity index is 1.46. The van der Waals surface area contributed by atoms with Gasteiger partial charge in [0.25, 0.3) is 0 Å². The lowest BCUT2D eigenvalue weighted by atomic mass is 9.76. The van der Waals surface area contributed by atoms with Gasteiger partial charge >= 0.3 is 0 Å². The van der Waals surface area contributed by atoms with Crippen LogP contribution in [0, 0.1) is 17.3 Å². The Bertz CT molecular complexity index is 847. The van der Waals surface area contributed by atoms with Gasteiger partial charge in [-0.05, 0) is 52.7 Å². The second-order valence-electron chi connectivity index (χ2n) is 7.89. The van der Waals surface area contributed by atoms with Crippen molar-refractivity contribution in [2.75, 3.05) is 0 Å². The van der Waals surface area contributed by atoms with Gasteiger partial charge in [0.1, 0.15) is 0 Å². The van der Waals surface area contributed by atoms with Crippen molar-refractivity contribution >= 4 is 18.2 Å². The Morgan fingerprint density at radius 3 is 2.73 bits per heavy atom. The molecule has 4 rings (SSSR count). The summed E-state index contributed by atoms with van der Waals surface area (Å²) in [7, 11) is 0. The third-order valence-corrected chi connectivity index (χ3v) is 6.06. The molecule has 0 N–H and O–H groups in total. The van der Waals surface area contributed by atoms with Gasteiger partial charge in [-0.2, -0.15) is 0 Å². The predicted octanol–water partition coefficient (Wildman–Crippen LogP) is 6.93. The van der Waals surface area contributed by atoms with Crippen molar-refractivity contribution in [2.45, 2.75) is 26.2 Å². The van der Waals surface area contributed by atoms with Gasteiger partial charge in [0, 0.05) is 5.41 Å². The smallest absolute Gasteiger partial charge is 0.00713 e. The van der Waals surface area contributed by atoms with E-state index in [9.17, 15) is 0 Å². The average Bonchev–Trinajstić information content (AvgIpc) is 2.69. The first-order chi connectivity index (χ1) is 12.6. The largest absolute Gasteiger partial charge is 0.144 e. The highest BCUT2D eigenvalue weighted by molar-refractivity contribution is 7.84. The number of hydrogen-bond acceptors (Lipinski definition) is 1. The summed E-state index contributed by atoms with van der Waals surface area (Å²) in [6.07, 6.45) is 24.3. The SMILES string of the molecule is CC1(/C=C/C2C=CC3=CC(c4ccccc4)=CCC3C2)C=CC(S)=CC1. The molecular formula is C25H26S. The summed E-state index contributed by atoms with van der Waals surface area (Å²) in [5.41, 5.74) is 4.30. The summed E-state index contributed by atoms with van der Waals surface area (Å²) in [5, 5.41) is 0. The van der Waals surface area contributed by atoms with Crippen LogP contribution in [-0.2, 0) is 0 Å². The summed E-state index contributed by atoms with van der Waals surface area (Å²) < 4.78 is 0. The van der Waals surface area contributed by atoms with Crippen LogP contribution in [0.5, 0.6) is 0 Å². The molecule has 0 radical (unpaired) electrons. The van der Waals surface area contributed by atoms with Crippen molar-refractivity contribution in [1.29, 1.82) is 0 Å². The van der Waals surface area contributed by atoms with E-state index in [1.807, 2.05) is 0 Å². The molecule has 0 aliphatic heterocycles. The van der Waals surface area contributed by atoms with Gasteiger partial charge in [-0.25, -0.2) is 0 Å². The molecule has 0 saturated heterocycles. The number of rotatable bonds is 3. The minimum Gasteiger partial charge on any atom is -0.144 e. The molecule has 3 aliphatic carbocycles. The molecule has 0 fully saturated rings. The quantitative estimate of drug-likeness (QED) is 0.439. The van der Waals surface area contributed by atoms with Crippen molar-refractivity contribution in [3.05, 3.63) is 101 Å². The van der Waals surface area contributed by atoms with E-state index >= 15 is 0 Å². The first kappa shape index (κ1) is 17.4. The maximum absolute atomic E-state index is 4.42. The standard InChI is InChI=1S/C25H26S/c1-25(15-12-24(26)13-16-25)14-11-19-7-8-23-18-22(10-9-21(23)17-19)20-5-3-2-4-6-20/h2-8,10-15,18-19,21,26H,9,16-17H2,1H3/b14-11+. The minimum atomic E-state index is 0.128. The molecule has 3 unspecified atom stereocenters. The molecule has 26 heavy (non-hydrogen) atoms. The molecule has 0 spiro atoms. The lowest BCUT2D eigenvalue weighted by Gasteiger charge is -2.29. The highest BCUT2D eigenvalue weighted by Crippen LogP contribution is 2.39.